The average Bonchev–Trinajstić information content (AvgIpc) is 3.30. The van der Waals surface area contributed by atoms with Gasteiger partial charge in [-0.05, 0) is 31.9 Å². The Morgan fingerprint density at radius 3 is 3.00 bits per heavy atom. The molecule has 0 unspecified atom stereocenters. The first kappa shape index (κ1) is 18.7. The van der Waals surface area contributed by atoms with Gasteiger partial charge in [0, 0.05) is 20.2 Å². The lowest BCUT2D eigenvalue weighted by Crippen LogP contribution is -2.36. The van der Waals surface area contributed by atoms with Crippen molar-refractivity contribution in [1.82, 2.24) is 20.1 Å². The number of carbonyl (C=O) groups is 1. The number of hydrogen-bond donors (Lipinski definition) is 1. The number of aromatic nitrogens is 3. The van der Waals surface area contributed by atoms with Crippen LogP contribution in [0.25, 0.3) is 11.4 Å². The van der Waals surface area contributed by atoms with Gasteiger partial charge >= 0.3 is 0 Å². The van der Waals surface area contributed by atoms with Gasteiger partial charge in [0.25, 0.3) is 0 Å². The Morgan fingerprint density at radius 1 is 1.46 bits per heavy atom. The molecule has 140 valence electrons. The molecule has 0 aliphatic carbocycles. The van der Waals surface area contributed by atoms with Gasteiger partial charge in [0.2, 0.25) is 5.91 Å². The fraction of sp³-hybridized carbons (Fsp3) is 0.500. The van der Waals surface area contributed by atoms with E-state index in [4.69, 9.17) is 9.47 Å². The molecule has 1 aromatic carbocycles. The third kappa shape index (κ3) is 4.19. The number of ether oxygens (including phenoxy) is 2. The van der Waals surface area contributed by atoms with E-state index in [1.165, 1.54) is 11.8 Å². The summed E-state index contributed by atoms with van der Waals surface area (Å²) in [5.74, 6) is 1.42. The van der Waals surface area contributed by atoms with Crippen molar-refractivity contribution in [3.63, 3.8) is 0 Å². The van der Waals surface area contributed by atoms with Gasteiger partial charge in [-0.15, -0.1) is 10.2 Å². The maximum Gasteiger partial charge on any atom is 0.233 e. The summed E-state index contributed by atoms with van der Waals surface area (Å²) < 4.78 is 12.8. The lowest BCUT2D eigenvalue weighted by molar-refractivity contribution is -0.120. The van der Waals surface area contributed by atoms with E-state index in [1.807, 2.05) is 42.8 Å². The quantitative estimate of drug-likeness (QED) is 0.747. The second-order valence-corrected chi connectivity index (χ2v) is 7.51. The Labute approximate surface area is 157 Å². The number of benzene rings is 1. The van der Waals surface area contributed by atoms with E-state index in [0.29, 0.717) is 17.5 Å². The summed E-state index contributed by atoms with van der Waals surface area (Å²) in [4.78, 5) is 12.3. The molecule has 0 bridgehead atoms. The Hall–Kier alpha value is -2.06. The van der Waals surface area contributed by atoms with Gasteiger partial charge in [-0.1, -0.05) is 23.9 Å². The van der Waals surface area contributed by atoms with Crippen molar-refractivity contribution in [1.29, 1.82) is 0 Å². The topological polar surface area (TPSA) is 78.3 Å². The summed E-state index contributed by atoms with van der Waals surface area (Å²) in [7, 11) is 3.52. The second kappa shape index (κ2) is 8.55. The summed E-state index contributed by atoms with van der Waals surface area (Å²) in [6.45, 7) is 3.22. The summed E-state index contributed by atoms with van der Waals surface area (Å²) in [6.07, 6.45) is 2.21. The largest absolute Gasteiger partial charge is 0.496 e. The zero-order valence-corrected chi connectivity index (χ0v) is 16.1. The number of amides is 1. The van der Waals surface area contributed by atoms with Crippen LogP contribution in [0.2, 0.25) is 0 Å². The highest BCUT2D eigenvalue weighted by atomic mass is 32.2. The lowest BCUT2D eigenvalue weighted by Gasteiger charge is -2.14. The number of nitrogens with one attached hydrogen (secondary N) is 1. The van der Waals surface area contributed by atoms with E-state index < -0.39 is 0 Å². The first-order valence-corrected chi connectivity index (χ1v) is 9.57. The van der Waals surface area contributed by atoms with Crippen LogP contribution in [0.15, 0.2) is 29.4 Å². The van der Waals surface area contributed by atoms with Crippen LogP contribution in [-0.2, 0) is 16.6 Å². The number of para-hydroxylation sites is 1. The normalized spacial score (nSPS) is 17.9. The van der Waals surface area contributed by atoms with Crippen LogP contribution >= 0.6 is 11.8 Å². The lowest BCUT2D eigenvalue weighted by atomic mass is 10.2. The van der Waals surface area contributed by atoms with Gasteiger partial charge in [-0.3, -0.25) is 4.79 Å². The molecular formula is C18H24N4O3S. The van der Waals surface area contributed by atoms with Crippen LogP contribution in [-0.4, -0.2) is 52.3 Å². The molecule has 7 nitrogen and oxygen atoms in total. The highest BCUT2D eigenvalue weighted by Crippen LogP contribution is 2.31. The maximum absolute atomic E-state index is 12.3. The Balaban J connectivity index is 1.64. The van der Waals surface area contributed by atoms with Crippen molar-refractivity contribution >= 4 is 17.7 Å². The van der Waals surface area contributed by atoms with Gasteiger partial charge in [-0.2, -0.15) is 0 Å². The van der Waals surface area contributed by atoms with Crippen LogP contribution in [0.1, 0.15) is 19.8 Å². The fourth-order valence-corrected chi connectivity index (χ4v) is 3.70. The van der Waals surface area contributed by atoms with E-state index in [2.05, 4.69) is 15.5 Å². The number of methoxy groups -OCH3 is 1. The van der Waals surface area contributed by atoms with Crippen molar-refractivity contribution < 1.29 is 14.3 Å². The first-order valence-electron chi connectivity index (χ1n) is 8.69. The van der Waals surface area contributed by atoms with Crippen molar-refractivity contribution in [2.24, 2.45) is 7.05 Å². The molecule has 1 aliphatic heterocycles. The molecule has 1 saturated heterocycles. The van der Waals surface area contributed by atoms with E-state index in [-0.39, 0.29) is 17.3 Å². The van der Waals surface area contributed by atoms with E-state index in [9.17, 15) is 4.79 Å². The summed E-state index contributed by atoms with van der Waals surface area (Å²) in [5, 5.41) is 11.9. The predicted octanol–water partition coefficient (Wildman–Crippen LogP) is 2.27. The van der Waals surface area contributed by atoms with Crippen molar-refractivity contribution in [2.75, 3.05) is 20.3 Å². The molecule has 0 spiro atoms. The number of thioether (sulfide) groups is 1. The van der Waals surface area contributed by atoms with Crippen molar-refractivity contribution in [3.8, 4) is 17.1 Å². The van der Waals surface area contributed by atoms with Gasteiger partial charge in [-0.25, -0.2) is 0 Å². The van der Waals surface area contributed by atoms with E-state index in [0.717, 1.165) is 30.8 Å². The summed E-state index contributed by atoms with van der Waals surface area (Å²) in [5.41, 5.74) is 0.868. The molecule has 0 saturated carbocycles. The monoisotopic (exact) mass is 376 g/mol. The fourth-order valence-electron chi connectivity index (χ4n) is 2.86. The second-order valence-electron chi connectivity index (χ2n) is 6.21. The summed E-state index contributed by atoms with van der Waals surface area (Å²) >= 11 is 1.39. The predicted molar refractivity (Wildman–Crippen MR) is 100 cm³/mol. The van der Waals surface area contributed by atoms with Crippen LogP contribution in [0, 0.1) is 0 Å². The van der Waals surface area contributed by atoms with Crippen LogP contribution in [0.5, 0.6) is 5.75 Å². The minimum atomic E-state index is -0.273. The third-order valence-electron chi connectivity index (χ3n) is 4.36. The van der Waals surface area contributed by atoms with Crippen LogP contribution in [0.3, 0.4) is 0 Å². The van der Waals surface area contributed by atoms with Crippen LogP contribution < -0.4 is 10.1 Å². The third-order valence-corrected chi connectivity index (χ3v) is 5.50. The SMILES string of the molecule is COc1ccccc1-c1nnc(S[C@@H](C)C(=O)NC[C@@H]2CCCO2)n1C. The first-order chi connectivity index (χ1) is 12.6. The van der Waals surface area contributed by atoms with Crippen molar-refractivity contribution in [2.45, 2.75) is 36.3 Å². The Kier molecular flexibility index (Phi) is 6.16. The van der Waals surface area contributed by atoms with Gasteiger partial charge in [0.15, 0.2) is 11.0 Å². The van der Waals surface area contributed by atoms with Crippen LogP contribution in [0.4, 0.5) is 0 Å². The number of carbonyl (C=O) groups excluding carboxylic acids is 1. The molecule has 1 aliphatic rings. The zero-order valence-electron chi connectivity index (χ0n) is 15.3. The molecule has 3 rings (SSSR count). The minimum absolute atomic E-state index is 0.0210. The molecular weight excluding hydrogens is 352 g/mol. The molecule has 8 heteroatoms. The molecule has 0 radical (unpaired) electrons. The molecule has 26 heavy (non-hydrogen) atoms. The van der Waals surface area contributed by atoms with Gasteiger partial charge in [0.1, 0.15) is 5.75 Å². The molecule has 2 heterocycles. The van der Waals surface area contributed by atoms with Gasteiger partial charge < -0.3 is 19.4 Å². The molecule has 1 aromatic heterocycles. The average molecular weight is 376 g/mol. The maximum atomic E-state index is 12.3. The summed E-state index contributed by atoms with van der Waals surface area (Å²) in [6, 6.07) is 7.67. The number of nitrogens with zero attached hydrogens (tertiary/aromatic N) is 3. The minimum Gasteiger partial charge on any atom is -0.496 e. The number of rotatable bonds is 7. The molecule has 1 amide bonds. The zero-order chi connectivity index (χ0) is 18.5. The molecule has 1 fully saturated rings. The van der Waals surface area contributed by atoms with Crippen molar-refractivity contribution in [3.05, 3.63) is 24.3 Å². The Morgan fingerprint density at radius 2 is 2.27 bits per heavy atom. The standard InChI is InChI=1S/C18H24N4O3S/c1-12(17(23)19-11-13-7-6-10-25-13)26-18-21-20-16(22(18)2)14-8-4-5-9-15(14)24-3/h4-5,8-9,12-13H,6-7,10-11H2,1-3H3,(H,19,23)/t12-,13-/m0/s1. The number of hydrogen-bond acceptors (Lipinski definition) is 6. The molecule has 2 atom stereocenters. The van der Waals surface area contributed by atoms with Gasteiger partial charge in [0.05, 0.1) is 24.0 Å². The van der Waals surface area contributed by atoms with E-state index in [1.54, 1.807) is 7.11 Å². The Bertz CT molecular complexity index is 759. The van der Waals surface area contributed by atoms with E-state index >= 15 is 0 Å². The molecule has 2 aromatic rings. The highest BCUT2D eigenvalue weighted by Gasteiger charge is 2.22. The molecule has 1 N–H and O–H groups in total. The highest BCUT2D eigenvalue weighted by molar-refractivity contribution is 8.00. The smallest absolute Gasteiger partial charge is 0.233 e.